The maximum absolute atomic E-state index is 12.9. The molecule has 1 fully saturated rings. The maximum atomic E-state index is 12.9. The molecule has 0 radical (unpaired) electrons. The molecule has 2 nitrogen and oxygen atoms in total. The van der Waals surface area contributed by atoms with Crippen molar-refractivity contribution in [2.24, 2.45) is 0 Å². The van der Waals surface area contributed by atoms with E-state index in [1.165, 1.54) is 24.3 Å². The number of hydrogen-bond acceptors (Lipinski definition) is 2. The largest absolute Gasteiger partial charge is 0.344 e. The Morgan fingerprint density at radius 3 is 2.06 bits per heavy atom. The predicted molar refractivity (Wildman–Crippen MR) is 55.9 cm³/mol. The Morgan fingerprint density at radius 1 is 1.06 bits per heavy atom. The molecule has 0 aliphatic carbocycles. The molecule has 2 rings (SSSR count). The SMILES string of the molecule is CC1(c2ccc(C(F)=C(F)F)cc2)OCCO1. The van der Waals surface area contributed by atoms with Crippen molar-refractivity contribution in [2.45, 2.75) is 12.7 Å². The van der Waals surface area contributed by atoms with Crippen LogP contribution >= 0.6 is 0 Å². The van der Waals surface area contributed by atoms with Crippen LogP contribution in [-0.4, -0.2) is 13.2 Å². The summed E-state index contributed by atoms with van der Waals surface area (Å²) in [5.74, 6) is -2.37. The topological polar surface area (TPSA) is 18.5 Å². The zero-order valence-corrected chi connectivity index (χ0v) is 9.17. The van der Waals surface area contributed by atoms with E-state index < -0.39 is 17.7 Å². The molecule has 0 saturated carbocycles. The van der Waals surface area contributed by atoms with Crippen LogP contribution in [0.2, 0.25) is 0 Å². The van der Waals surface area contributed by atoms with E-state index in [0.717, 1.165) is 0 Å². The second kappa shape index (κ2) is 4.50. The quantitative estimate of drug-likeness (QED) is 0.793. The summed E-state index contributed by atoms with van der Waals surface area (Å²) in [6.45, 7) is 2.69. The molecule has 0 bridgehead atoms. The molecule has 0 N–H and O–H groups in total. The molecule has 1 aromatic rings. The van der Waals surface area contributed by atoms with Crippen LogP contribution in [0.5, 0.6) is 0 Å². The summed E-state index contributed by atoms with van der Waals surface area (Å²) >= 11 is 0. The molecule has 0 aromatic heterocycles. The van der Waals surface area contributed by atoms with E-state index in [1.54, 1.807) is 6.92 Å². The van der Waals surface area contributed by atoms with Gasteiger partial charge in [0.1, 0.15) is 0 Å². The zero-order chi connectivity index (χ0) is 12.5. The first-order chi connectivity index (χ1) is 8.03. The molecule has 1 aliphatic heterocycles. The van der Waals surface area contributed by atoms with Gasteiger partial charge >= 0.3 is 6.08 Å². The van der Waals surface area contributed by atoms with Crippen molar-refractivity contribution in [1.82, 2.24) is 0 Å². The number of ether oxygens (including phenoxy) is 2. The monoisotopic (exact) mass is 244 g/mol. The summed E-state index contributed by atoms with van der Waals surface area (Å²) in [6.07, 6.45) is -2.32. The zero-order valence-electron chi connectivity index (χ0n) is 9.17. The molecule has 5 heteroatoms. The van der Waals surface area contributed by atoms with Crippen LogP contribution in [0.3, 0.4) is 0 Å². The molecule has 17 heavy (non-hydrogen) atoms. The van der Waals surface area contributed by atoms with Crippen LogP contribution in [0.25, 0.3) is 5.83 Å². The van der Waals surface area contributed by atoms with E-state index >= 15 is 0 Å². The first-order valence-electron chi connectivity index (χ1n) is 5.12. The minimum Gasteiger partial charge on any atom is -0.344 e. The van der Waals surface area contributed by atoms with Gasteiger partial charge in [0.05, 0.1) is 13.2 Å². The lowest BCUT2D eigenvalue weighted by molar-refractivity contribution is -0.149. The van der Waals surface area contributed by atoms with E-state index in [2.05, 4.69) is 0 Å². The third-order valence-corrected chi connectivity index (χ3v) is 2.67. The molecule has 1 aliphatic rings. The van der Waals surface area contributed by atoms with Gasteiger partial charge in [-0.1, -0.05) is 24.3 Å². The molecule has 92 valence electrons. The van der Waals surface area contributed by atoms with Gasteiger partial charge in [-0.2, -0.15) is 8.78 Å². The summed E-state index contributed by atoms with van der Waals surface area (Å²) in [5, 5.41) is 0. The van der Waals surface area contributed by atoms with Crippen molar-refractivity contribution in [2.75, 3.05) is 13.2 Å². The third kappa shape index (κ3) is 2.35. The lowest BCUT2D eigenvalue weighted by Gasteiger charge is -2.22. The summed E-state index contributed by atoms with van der Waals surface area (Å²) < 4.78 is 47.8. The molecular weight excluding hydrogens is 233 g/mol. The standard InChI is InChI=1S/C12H11F3O2/c1-12(16-6-7-17-12)9-4-2-8(3-5-9)10(13)11(14)15/h2-5H,6-7H2,1H3. The molecule has 1 saturated heterocycles. The number of hydrogen-bond donors (Lipinski definition) is 0. The normalized spacial score (nSPS) is 18.1. The molecule has 0 amide bonds. The first-order valence-corrected chi connectivity index (χ1v) is 5.12. The van der Waals surface area contributed by atoms with Gasteiger partial charge in [0.2, 0.25) is 0 Å². The van der Waals surface area contributed by atoms with Crippen molar-refractivity contribution >= 4 is 5.83 Å². The van der Waals surface area contributed by atoms with Crippen LogP contribution in [0.15, 0.2) is 30.3 Å². The summed E-state index contributed by atoms with van der Waals surface area (Å²) in [5.41, 5.74) is 0.515. The van der Waals surface area contributed by atoms with Crippen LogP contribution in [0, 0.1) is 0 Å². The first kappa shape index (κ1) is 12.1. The Morgan fingerprint density at radius 2 is 1.59 bits per heavy atom. The molecule has 0 unspecified atom stereocenters. The van der Waals surface area contributed by atoms with Gasteiger partial charge in [-0.3, -0.25) is 0 Å². The Balaban J connectivity index is 2.27. The van der Waals surface area contributed by atoms with E-state index in [4.69, 9.17) is 9.47 Å². The maximum Gasteiger partial charge on any atom is 0.306 e. The van der Waals surface area contributed by atoms with Crippen molar-refractivity contribution in [1.29, 1.82) is 0 Å². The number of halogens is 3. The van der Waals surface area contributed by atoms with Crippen molar-refractivity contribution in [3.63, 3.8) is 0 Å². The van der Waals surface area contributed by atoms with Crippen LogP contribution in [0.1, 0.15) is 18.1 Å². The Bertz CT molecular complexity index is 430. The van der Waals surface area contributed by atoms with E-state index in [1.807, 2.05) is 0 Å². The highest BCUT2D eigenvalue weighted by Crippen LogP contribution is 2.32. The average Bonchev–Trinajstić information content (AvgIpc) is 2.76. The number of rotatable bonds is 2. The van der Waals surface area contributed by atoms with Crippen molar-refractivity contribution in [3.05, 3.63) is 41.5 Å². The fourth-order valence-corrected chi connectivity index (χ4v) is 1.71. The summed E-state index contributed by atoms with van der Waals surface area (Å²) in [7, 11) is 0. The van der Waals surface area contributed by atoms with E-state index in [0.29, 0.717) is 18.8 Å². The minimum atomic E-state index is -2.32. The Kier molecular flexibility index (Phi) is 3.22. The lowest BCUT2D eigenvalue weighted by Crippen LogP contribution is -2.22. The molecular formula is C12H11F3O2. The fourth-order valence-electron chi connectivity index (χ4n) is 1.71. The molecule has 1 heterocycles. The highest BCUT2D eigenvalue weighted by molar-refractivity contribution is 5.59. The molecule has 0 atom stereocenters. The van der Waals surface area contributed by atoms with Gasteiger partial charge in [-0.25, -0.2) is 4.39 Å². The van der Waals surface area contributed by atoms with E-state index in [-0.39, 0.29) is 5.56 Å². The highest BCUT2D eigenvalue weighted by Gasteiger charge is 2.32. The smallest absolute Gasteiger partial charge is 0.306 e. The van der Waals surface area contributed by atoms with E-state index in [9.17, 15) is 13.2 Å². The highest BCUT2D eigenvalue weighted by atomic mass is 19.3. The van der Waals surface area contributed by atoms with Crippen LogP contribution < -0.4 is 0 Å². The lowest BCUT2D eigenvalue weighted by atomic mass is 10.0. The predicted octanol–water partition coefficient (Wildman–Crippen LogP) is 3.44. The fraction of sp³-hybridized carbons (Fsp3) is 0.333. The Hall–Kier alpha value is -1.33. The van der Waals surface area contributed by atoms with Crippen LogP contribution in [-0.2, 0) is 15.3 Å². The van der Waals surface area contributed by atoms with Gasteiger partial charge < -0.3 is 9.47 Å². The summed E-state index contributed by atoms with van der Waals surface area (Å²) in [4.78, 5) is 0. The molecule has 0 spiro atoms. The second-order valence-electron chi connectivity index (χ2n) is 3.79. The van der Waals surface area contributed by atoms with Gasteiger partial charge in [0, 0.05) is 11.1 Å². The van der Waals surface area contributed by atoms with Gasteiger partial charge in [0.15, 0.2) is 11.6 Å². The van der Waals surface area contributed by atoms with Crippen LogP contribution in [0.4, 0.5) is 13.2 Å². The average molecular weight is 244 g/mol. The van der Waals surface area contributed by atoms with Gasteiger partial charge in [0.25, 0.3) is 0 Å². The van der Waals surface area contributed by atoms with Gasteiger partial charge in [-0.05, 0) is 6.92 Å². The van der Waals surface area contributed by atoms with Crippen molar-refractivity contribution < 1.29 is 22.6 Å². The van der Waals surface area contributed by atoms with Gasteiger partial charge in [-0.15, -0.1) is 0 Å². The third-order valence-electron chi connectivity index (χ3n) is 2.67. The summed E-state index contributed by atoms with van der Waals surface area (Å²) in [6, 6.07) is 5.59. The Labute approximate surface area is 96.6 Å². The second-order valence-corrected chi connectivity index (χ2v) is 3.79. The minimum absolute atomic E-state index is 0.157. The van der Waals surface area contributed by atoms with Crippen molar-refractivity contribution in [3.8, 4) is 0 Å². The number of benzene rings is 1. The molecule has 1 aromatic carbocycles.